The third-order valence-corrected chi connectivity index (χ3v) is 2.55. The normalized spacial score (nSPS) is 10.6. The minimum Gasteiger partial charge on any atom is -0.461 e. The summed E-state index contributed by atoms with van der Waals surface area (Å²) in [6.45, 7) is 3.14. The summed E-state index contributed by atoms with van der Waals surface area (Å²) >= 11 is 0. The predicted molar refractivity (Wildman–Crippen MR) is 66.2 cm³/mol. The van der Waals surface area contributed by atoms with Crippen LogP contribution in [-0.2, 0) is 24.9 Å². The number of rotatable bonds is 6. The molecule has 0 spiro atoms. The molecule has 0 atom stereocenters. The van der Waals surface area contributed by atoms with E-state index in [9.17, 15) is 4.79 Å². The molecule has 0 saturated heterocycles. The molecule has 0 unspecified atom stereocenters. The zero-order valence-electron chi connectivity index (χ0n) is 10.9. The molecule has 0 aromatic carbocycles. The van der Waals surface area contributed by atoms with Gasteiger partial charge in [0.15, 0.2) is 11.5 Å². The Labute approximate surface area is 110 Å². The van der Waals surface area contributed by atoms with E-state index < -0.39 is 5.97 Å². The van der Waals surface area contributed by atoms with E-state index in [-0.39, 0.29) is 5.69 Å². The highest BCUT2D eigenvalue weighted by molar-refractivity contribution is 5.87. The van der Waals surface area contributed by atoms with Gasteiger partial charge in [0, 0.05) is 25.5 Å². The molecule has 0 amide bonds. The maximum atomic E-state index is 11.4. The van der Waals surface area contributed by atoms with Gasteiger partial charge in [0.25, 0.3) is 0 Å². The Morgan fingerprint density at radius 1 is 1.53 bits per heavy atom. The van der Waals surface area contributed by atoms with E-state index in [1.54, 1.807) is 19.2 Å². The largest absolute Gasteiger partial charge is 0.461 e. The van der Waals surface area contributed by atoms with Crippen molar-refractivity contribution in [2.24, 2.45) is 7.05 Å². The van der Waals surface area contributed by atoms with Gasteiger partial charge in [-0.25, -0.2) is 9.78 Å². The Balaban J connectivity index is 1.84. The number of hydrogen-bond donors (Lipinski definition) is 1. The summed E-state index contributed by atoms with van der Waals surface area (Å²) in [5.74, 6) is 1.03. The van der Waals surface area contributed by atoms with Gasteiger partial charge in [-0.2, -0.15) is 0 Å². The molecule has 2 heterocycles. The second kappa shape index (κ2) is 6.14. The van der Waals surface area contributed by atoms with Crippen molar-refractivity contribution in [3.05, 3.63) is 35.7 Å². The van der Waals surface area contributed by atoms with Crippen LogP contribution in [0.2, 0.25) is 0 Å². The number of esters is 1. The Hall–Kier alpha value is -2.15. The zero-order valence-corrected chi connectivity index (χ0v) is 10.9. The zero-order chi connectivity index (χ0) is 13.7. The summed E-state index contributed by atoms with van der Waals surface area (Å²) in [6, 6.07) is 1.57. The first-order chi connectivity index (χ1) is 9.20. The van der Waals surface area contributed by atoms with Gasteiger partial charge in [-0.3, -0.25) is 0 Å². The van der Waals surface area contributed by atoms with Crippen LogP contribution in [0.3, 0.4) is 0 Å². The molecule has 0 fully saturated rings. The van der Waals surface area contributed by atoms with Gasteiger partial charge in [0.2, 0.25) is 0 Å². The molecule has 0 radical (unpaired) electrons. The van der Waals surface area contributed by atoms with Gasteiger partial charge in [-0.1, -0.05) is 5.16 Å². The summed E-state index contributed by atoms with van der Waals surface area (Å²) in [5, 5.41) is 6.82. The van der Waals surface area contributed by atoms with Gasteiger partial charge in [0.05, 0.1) is 19.7 Å². The lowest BCUT2D eigenvalue weighted by Crippen LogP contribution is -2.15. The van der Waals surface area contributed by atoms with Crippen LogP contribution in [0.25, 0.3) is 0 Å². The average Bonchev–Trinajstić information content (AvgIpc) is 3.00. The lowest BCUT2D eigenvalue weighted by atomic mass is 10.3. The molecular weight excluding hydrogens is 248 g/mol. The summed E-state index contributed by atoms with van der Waals surface area (Å²) < 4.78 is 11.8. The van der Waals surface area contributed by atoms with E-state index >= 15 is 0 Å². The number of aromatic nitrogens is 3. The number of imidazole rings is 1. The van der Waals surface area contributed by atoms with Crippen molar-refractivity contribution in [1.29, 1.82) is 0 Å². The number of aryl methyl sites for hydroxylation is 1. The smallest absolute Gasteiger partial charge is 0.360 e. The molecular formula is C12H16N4O3. The van der Waals surface area contributed by atoms with Crippen LogP contribution < -0.4 is 5.32 Å². The molecule has 1 N–H and O–H groups in total. The second-order valence-corrected chi connectivity index (χ2v) is 3.96. The van der Waals surface area contributed by atoms with Crippen LogP contribution in [0.4, 0.5) is 0 Å². The number of ether oxygens (including phenoxy) is 1. The third-order valence-electron chi connectivity index (χ3n) is 2.55. The van der Waals surface area contributed by atoms with Gasteiger partial charge >= 0.3 is 5.97 Å². The van der Waals surface area contributed by atoms with Crippen molar-refractivity contribution in [2.75, 3.05) is 6.61 Å². The van der Waals surface area contributed by atoms with Crippen molar-refractivity contribution < 1.29 is 14.1 Å². The molecule has 19 heavy (non-hydrogen) atoms. The number of nitrogens with one attached hydrogen (secondary N) is 1. The topological polar surface area (TPSA) is 82.2 Å². The Bertz CT molecular complexity index is 547. The van der Waals surface area contributed by atoms with E-state index in [0.717, 1.165) is 5.82 Å². The summed E-state index contributed by atoms with van der Waals surface area (Å²) in [7, 11) is 1.93. The highest BCUT2D eigenvalue weighted by atomic mass is 16.5. The standard InChI is InChI=1S/C12H16N4O3/c1-3-18-12(17)10-6-9(19-15-10)7-13-8-11-14-4-5-16(11)2/h4-6,13H,3,7-8H2,1-2H3. The molecule has 0 aliphatic heterocycles. The molecule has 0 bridgehead atoms. The van der Waals surface area contributed by atoms with E-state index in [4.69, 9.17) is 9.26 Å². The lowest BCUT2D eigenvalue weighted by Gasteiger charge is -2.02. The first-order valence-corrected chi connectivity index (χ1v) is 6.00. The number of hydrogen-bond acceptors (Lipinski definition) is 6. The van der Waals surface area contributed by atoms with E-state index in [1.165, 1.54) is 0 Å². The fourth-order valence-corrected chi connectivity index (χ4v) is 1.56. The molecule has 2 aromatic heterocycles. The van der Waals surface area contributed by atoms with Crippen molar-refractivity contribution in [3.8, 4) is 0 Å². The number of carbonyl (C=O) groups is 1. The maximum Gasteiger partial charge on any atom is 0.360 e. The highest BCUT2D eigenvalue weighted by Crippen LogP contribution is 2.05. The van der Waals surface area contributed by atoms with Crippen LogP contribution >= 0.6 is 0 Å². The fourth-order valence-electron chi connectivity index (χ4n) is 1.56. The first kappa shape index (κ1) is 13.3. The predicted octanol–water partition coefficient (Wildman–Crippen LogP) is 0.875. The summed E-state index contributed by atoms with van der Waals surface area (Å²) in [4.78, 5) is 15.6. The van der Waals surface area contributed by atoms with E-state index in [1.807, 2.05) is 17.8 Å². The molecule has 102 valence electrons. The molecule has 7 heteroatoms. The highest BCUT2D eigenvalue weighted by Gasteiger charge is 2.13. The minimum atomic E-state index is -0.471. The van der Waals surface area contributed by atoms with Gasteiger partial charge in [0.1, 0.15) is 5.82 Å². The summed E-state index contributed by atoms with van der Waals surface area (Å²) in [5.41, 5.74) is 0.190. The van der Waals surface area contributed by atoms with Gasteiger partial charge < -0.3 is 19.1 Å². The van der Waals surface area contributed by atoms with Crippen molar-refractivity contribution in [2.45, 2.75) is 20.0 Å². The quantitative estimate of drug-likeness (QED) is 0.780. The Kier molecular flexibility index (Phi) is 4.30. The Morgan fingerprint density at radius 3 is 3.05 bits per heavy atom. The third kappa shape index (κ3) is 3.41. The Morgan fingerprint density at radius 2 is 2.37 bits per heavy atom. The van der Waals surface area contributed by atoms with Gasteiger partial charge in [-0.05, 0) is 6.92 Å². The average molecular weight is 264 g/mol. The van der Waals surface area contributed by atoms with Crippen LogP contribution in [0, 0.1) is 0 Å². The van der Waals surface area contributed by atoms with E-state index in [0.29, 0.717) is 25.5 Å². The van der Waals surface area contributed by atoms with Gasteiger partial charge in [-0.15, -0.1) is 0 Å². The molecule has 2 rings (SSSR count). The maximum absolute atomic E-state index is 11.4. The van der Waals surface area contributed by atoms with Crippen LogP contribution in [0.1, 0.15) is 29.0 Å². The van der Waals surface area contributed by atoms with Crippen molar-refractivity contribution in [3.63, 3.8) is 0 Å². The number of carbonyl (C=O) groups excluding carboxylic acids is 1. The minimum absolute atomic E-state index is 0.190. The second-order valence-electron chi connectivity index (χ2n) is 3.96. The molecule has 0 aliphatic rings. The lowest BCUT2D eigenvalue weighted by molar-refractivity contribution is 0.0514. The molecule has 2 aromatic rings. The number of nitrogens with zero attached hydrogens (tertiary/aromatic N) is 3. The van der Waals surface area contributed by atoms with Crippen LogP contribution in [-0.4, -0.2) is 27.3 Å². The van der Waals surface area contributed by atoms with Crippen LogP contribution in [0.5, 0.6) is 0 Å². The van der Waals surface area contributed by atoms with Crippen LogP contribution in [0.15, 0.2) is 23.0 Å². The van der Waals surface area contributed by atoms with Crippen molar-refractivity contribution >= 4 is 5.97 Å². The van der Waals surface area contributed by atoms with E-state index in [2.05, 4.69) is 15.5 Å². The summed E-state index contributed by atoms with van der Waals surface area (Å²) in [6.07, 6.45) is 3.62. The SMILES string of the molecule is CCOC(=O)c1cc(CNCc2nccn2C)on1. The molecule has 7 nitrogen and oxygen atoms in total. The fraction of sp³-hybridized carbons (Fsp3) is 0.417. The monoisotopic (exact) mass is 264 g/mol. The molecule has 0 saturated carbocycles. The van der Waals surface area contributed by atoms with Crippen molar-refractivity contribution in [1.82, 2.24) is 20.0 Å². The molecule has 0 aliphatic carbocycles. The first-order valence-electron chi connectivity index (χ1n) is 6.00.